The SMILES string of the molecule is CCSCC[C@H](NC(=O)CCc1c(C)c2ccc(O)cc2oc1=O)C(=O)O. The molecule has 1 aromatic heterocycles. The van der Waals surface area contributed by atoms with Crippen LogP contribution in [0.25, 0.3) is 11.0 Å². The van der Waals surface area contributed by atoms with Crippen molar-refractivity contribution in [1.29, 1.82) is 0 Å². The minimum absolute atomic E-state index is 0.00173. The van der Waals surface area contributed by atoms with Crippen LogP contribution < -0.4 is 10.9 Å². The van der Waals surface area contributed by atoms with Gasteiger partial charge in [0.05, 0.1) is 0 Å². The molecular formula is C19H23NO6S. The Morgan fingerprint density at radius 1 is 1.33 bits per heavy atom. The third-order valence-corrected chi connectivity index (χ3v) is 5.19. The first kappa shape index (κ1) is 20.8. The Morgan fingerprint density at radius 3 is 2.74 bits per heavy atom. The highest BCUT2D eigenvalue weighted by atomic mass is 32.2. The topological polar surface area (TPSA) is 117 Å². The summed E-state index contributed by atoms with van der Waals surface area (Å²) in [5, 5.41) is 21.9. The number of fused-ring (bicyclic) bond motifs is 1. The first-order valence-electron chi connectivity index (χ1n) is 8.68. The number of carboxylic acids is 1. The second-order valence-corrected chi connectivity index (χ2v) is 7.51. The average molecular weight is 393 g/mol. The summed E-state index contributed by atoms with van der Waals surface area (Å²) < 4.78 is 5.23. The van der Waals surface area contributed by atoms with E-state index in [4.69, 9.17) is 4.42 Å². The fraction of sp³-hybridized carbons (Fsp3) is 0.421. The van der Waals surface area contributed by atoms with E-state index in [0.717, 1.165) is 5.75 Å². The van der Waals surface area contributed by atoms with Crippen LogP contribution in [0.3, 0.4) is 0 Å². The number of rotatable bonds is 9. The van der Waals surface area contributed by atoms with E-state index >= 15 is 0 Å². The Kier molecular flexibility index (Phi) is 7.29. The number of carbonyl (C=O) groups excluding carboxylic acids is 1. The Bertz CT molecular complexity index is 892. The summed E-state index contributed by atoms with van der Waals surface area (Å²) in [6.07, 6.45) is 0.479. The van der Waals surface area contributed by atoms with Gasteiger partial charge in [0.2, 0.25) is 5.91 Å². The van der Waals surface area contributed by atoms with Gasteiger partial charge in [-0.3, -0.25) is 4.79 Å². The molecule has 0 bridgehead atoms. The molecule has 1 atom stereocenters. The van der Waals surface area contributed by atoms with E-state index in [1.54, 1.807) is 24.8 Å². The zero-order chi connectivity index (χ0) is 20.0. The number of carboxylic acid groups (broad SMARTS) is 1. The van der Waals surface area contributed by atoms with Crippen LogP contribution in [0, 0.1) is 6.92 Å². The lowest BCUT2D eigenvalue weighted by atomic mass is 10.0. The van der Waals surface area contributed by atoms with Gasteiger partial charge in [-0.1, -0.05) is 6.92 Å². The van der Waals surface area contributed by atoms with Crippen molar-refractivity contribution in [3.8, 4) is 5.75 Å². The molecule has 8 heteroatoms. The van der Waals surface area contributed by atoms with Crippen LogP contribution in [-0.2, 0) is 16.0 Å². The fourth-order valence-electron chi connectivity index (χ4n) is 2.78. The molecule has 0 aliphatic carbocycles. The van der Waals surface area contributed by atoms with Crippen molar-refractivity contribution < 1.29 is 24.2 Å². The lowest BCUT2D eigenvalue weighted by molar-refractivity contribution is -0.141. The van der Waals surface area contributed by atoms with Crippen LogP contribution in [0.5, 0.6) is 5.75 Å². The van der Waals surface area contributed by atoms with Crippen molar-refractivity contribution in [2.24, 2.45) is 0 Å². The van der Waals surface area contributed by atoms with Crippen molar-refractivity contribution >= 4 is 34.6 Å². The van der Waals surface area contributed by atoms with Gasteiger partial charge in [-0.05, 0) is 49.0 Å². The molecule has 7 nitrogen and oxygen atoms in total. The number of aliphatic carboxylic acids is 1. The Morgan fingerprint density at radius 2 is 2.07 bits per heavy atom. The van der Waals surface area contributed by atoms with Gasteiger partial charge in [-0.15, -0.1) is 0 Å². The number of phenols is 1. The van der Waals surface area contributed by atoms with Gasteiger partial charge in [-0.2, -0.15) is 11.8 Å². The number of hydrogen-bond acceptors (Lipinski definition) is 6. The maximum Gasteiger partial charge on any atom is 0.339 e. The minimum Gasteiger partial charge on any atom is -0.508 e. The molecule has 2 rings (SSSR count). The van der Waals surface area contributed by atoms with Gasteiger partial charge < -0.3 is 19.9 Å². The monoisotopic (exact) mass is 393 g/mol. The first-order valence-corrected chi connectivity index (χ1v) is 9.84. The molecule has 0 aliphatic heterocycles. The van der Waals surface area contributed by atoms with E-state index in [-0.39, 0.29) is 24.2 Å². The fourth-order valence-corrected chi connectivity index (χ4v) is 3.47. The molecule has 0 radical (unpaired) electrons. The zero-order valence-electron chi connectivity index (χ0n) is 15.3. The summed E-state index contributed by atoms with van der Waals surface area (Å²) in [6.45, 7) is 3.74. The van der Waals surface area contributed by atoms with Crippen LogP contribution >= 0.6 is 11.8 Å². The van der Waals surface area contributed by atoms with E-state index in [1.807, 2.05) is 6.92 Å². The van der Waals surface area contributed by atoms with Crippen LogP contribution in [0.1, 0.15) is 30.9 Å². The highest BCUT2D eigenvalue weighted by Gasteiger charge is 2.20. The third-order valence-electron chi connectivity index (χ3n) is 4.26. The maximum atomic E-state index is 12.2. The van der Waals surface area contributed by atoms with Crippen LogP contribution in [0.4, 0.5) is 0 Å². The van der Waals surface area contributed by atoms with Gasteiger partial charge in [0.15, 0.2) is 0 Å². The van der Waals surface area contributed by atoms with Gasteiger partial charge in [-0.25, -0.2) is 9.59 Å². The summed E-state index contributed by atoms with van der Waals surface area (Å²) >= 11 is 1.61. The lowest BCUT2D eigenvalue weighted by Gasteiger charge is -2.14. The normalized spacial score (nSPS) is 12.1. The Hall–Kier alpha value is -2.48. The smallest absolute Gasteiger partial charge is 0.339 e. The number of aromatic hydroxyl groups is 1. The minimum atomic E-state index is -1.07. The second-order valence-electron chi connectivity index (χ2n) is 6.12. The number of phenolic OH excluding ortho intramolecular Hbond substituents is 1. The molecule has 1 heterocycles. The number of amides is 1. The van der Waals surface area contributed by atoms with Crippen molar-refractivity contribution in [3.63, 3.8) is 0 Å². The summed E-state index contributed by atoms with van der Waals surface area (Å²) in [7, 11) is 0. The number of benzene rings is 1. The number of nitrogens with one attached hydrogen (secondary N) is 1. The summed E-state index contributed by atoms with van der Waals surface area (Å²) in [6, 6.07) is 3.58. The van der Waals surface area contributed by atoms with E-state index < -0.39 is 23.5 Å². The van der Waals surface area contributed by atoms with Crippen LogP contribution in [0.15, 0.2) is 27.4 Å². The molecule has 3 N–H and O–H groups in total. The van der Waals surface area contributed by atoms with E-state index in [9.17, 15) is 24.6 Å². The highest BCUT2D eigenvalue weighted by Crippen LogP contribution is 2.23. The quantitative estimate of drug-likeness (QED) is 0.442. The molecule has 0 unspecified atom stereocenters. The number of aryl methyl sites for hydroxylation is 1. The predicted molar refractivity (Wildman–Crippen MR) is 104 cm³/mol. The van der Waals surface area contributed by atoms with Crippen molar-refractivity contribution in [2.45, 2.75) is 39.2 Å². The molecule has 1 amide bonds. The summed E-state index contributed by atoms with van der Waals surface area (Å²) in [4.78, 5) is 35.6. The Labute approximate surface area is 160 Å². The van der Waals surface area contributed by atoms with Crippen molar-refractivity contribution in [1.82, 2.24) is 5.32 Å². The standard InChI is InChI=1S/C19H23NO6S/c1-3-27-9-8-15(18(23)24)20-17(22)7-6-14-11(2)13-5-4-12(21)10-16(13)26-19(14)25/h4-5,10,15,21H,3,6-9H2,1-2H3,(H,20,22)(H,23,24)/t15-/m0/s1. The van der Waals surface area contributed by atoms with Gasteiger partial charge in [0.25, 0.3) is 0 Å². The molecule has 2 aromatic rings. The lowest BCUT2D eigenvalue weighted by Crippen LogP contribution is -2.41. The number of thioether (sulfide) groups is 1. The average Bonchev–Trinajstić information content (AvgIpc) is 2.60. The number of carbonyl (C=O) groups is 2. The van der Waals surface area contributed by atoms with Gasteiger partial charge in [0.1, 0.15) is 17.4 Å². The molecule has 0 fully saturated rings. The van der Waals surface area contributed by atoms with E-state index in [1.165, 1.54) is 12.1 Å². The Balaban J connectivity index is 2.07. The largest absolute Gasteiger partial charge is 0.508 e. The summed E-state index contributed by atoms with van der Waals surface area (Å²) in [5.74, 6) is 0.0381. The van der Waals surface area contributed by atoms with Crippen molar-refractivity contribution in [2.75, 3.05) is 11.5 Å². The molecule has 27 heavy (non-hydrogen) atoms. The van der Waals surface area contributed by atoms with Gasteiger partial charge in [0, 0.05) is 23.4 Å². The molecule has 1 aromatic carbocycles. The second kappa shape index (κ2) is 9.45. The summed E-state index contributed by atoms with van der Waals surface area (Å²) in [5.41, 5.74) is 0.775. The van der Waals surface area contributed by atoms with E-state index in [0.29, 0.717) is 28.7 Å². The maximum absolute atomic E-state index is 12.2. The molecule has 0 saturated carbocycles. The van der Waals surface area contributed by atoms with Crippen LogP contribution in [0.2, 0.25) is 0 Å². The first-order chi connectivity index (χ1) is 12.8. The van der Waals surface area contributed by atoms with Crippen LogP contribution in [-0.4, -0.2) is 39.6 Å². The van der Waals surface area contributed by atoms with Crippen molar-refractivity contribution in [3.05, 3.63) is 39.7 Å². The molecular weight excluding hydrogens is 370 g/mol. The molecule has 0 saturated heterocycles. The van der Waals surface area contributed by atoms with E-state index in [2.05, 4.69) is 5.32 Å². The highest BCUT2D eigenvalue weighted by molar-refractivity contribution is 7.99. The van der Waals surface area contributed by atoms with Gasteiger partial charge >= 0.3 is 11.6 Å². The third kappa shape index (κ3) is 5.50. The zero-order valence-corrected chi connectivity index (χ0v) is 16.1. The predicted octanol–water partition coefficient (Wildman–Crippen LogP) is 2.45. The number of hydrogen-bond donors (Lipinski definition) is 3. The molecule has 146 valence electrons. The molecule has 0 spiro atoms. The molecule has 0 aliphatic rings.